The predicted molar refractivity (Wildman–Crippen MR) is 95.9 cm³/mol. The van der Waals surface area contributed by atoms with Gasteiger partial charge < -0.3 is 10.6 Å². The van der Waals surface area contributed by atoms with E-state index in [9.17, 15) is 18.0 Å². The van der Waals surface area contributed by atoms with Crippen molar-refractivity contribution in [2.24, 2.45) is 5.73 Å². The number of halogens is 4. The third kappa shape index (κ3) is 4.56. The van der Waals surface area contributed by atoms with E-state index in [2.05, 4.69) is 0 Å². The van der Waals surface area contributed by atoms with Gasteiger partial charge in [0.05, 0.1) is 5.56 Å². The van der Waals surface area contributed by atoms with Gasteiger partial charge in [-0.2, -0.15) is 13.2 Å². The molecule has 2 aromatic rings. The molecule has 1 aliphatic carbocycles. The van der Waals surface area contributed by atoms with E-state index in [0.717, 1.165) is 24.5 Å². The zero-order chi connectivity index (χ0) is 18.0. The molecular weight excluding hydrogens is 365 g/mol. The Labute approximate surface area is 156 Å². The largest absolute Gasteiger partial charge is 0.416 e. The summed E-state index contributed by atoms with van der Waals surface area (Å²) in [7, 11) is 0. The summed E-state index contributed by atoms with van der Waals surface area (Å²) in [4.78, 5) is 14.3. The monoisotopic (exact) mass is 384 g/mol. The summed E-state index contributed by atoms with van der Waals surface area (Å²) in [6.45, 7) is 0.331. The summed E-state index contributed by atoms with van der Waals surface area (Å²) >= 11 is 0. The van der Waals surface area contributed by atoms with Crippen molar-refractivity contribution in [3.05, 3.63) is 70.8 Å². The van der Waals surface area contributed by atoms with Gasteiger partial charge in [0.15, 0.2) is 0 Å². The van der Waals surface area contributed by atoms with Gasteiger partial charge in [-0.15, -0.1) is 12.4 Å². The summed E-state index contributed by atoms with van der Waals surface area (Å²) in [5.41, 5.74) is 6.35. The molecular formula is C19H20ClF3N2O. The predicted octanol–water partition coefficient (Wildman–Crippen LogP) is 4.39. The Morgan fingerprint density at radius 3 is 2.23 bits per heavy atom. The summed E-state index contributed by atoms with van der Waals surface area (Å²) in [6.07, 6.45) is -2.79. The third-order valence-corrected chi connectivity index (χ3v) is 4.35. The third-order valence-electron chi connectivity index (χ3n) is 4.35. The van der Waals surface area contributed by atoms with Crippen molar-refractivity contribution in [1.29, 1.82) is 0 Å². The van der Waals surface area contributed by atoms with E-state index in [1.807, 2.05) is 0 Å². The van der Waals surface area contributed by atoms with Crippen molar-refractivity contribution in [2.45, 2.75) is 38.1 Å². The van der Waals surface area contributed by atoms with Crippen LogP contribution in [0.15, 0.2) is 48.5 Å². The number of nitrogens with zero attached hydrogens (tertiary/aromatic N) is 1. The minimum absolute atomic E-state index is 0. The van der Waals surface area contributed by atoms with Crippen molar-refractivity contribution in [3.63, 3.8) is 0 Å². The van der Waals surface area contributed by atoms with Crippen LogP contribution >= 0.6 is 12.4 Å². The van der Waals surface area contributed by atoms with Crippen LogP contribution < -0.4 is 5.73 Å². The van der Waals surface area contributed by atoms with Gasteiger partial charge in [-0.1, -0.05) is 30.3 Å². The Morgan fingerprint density at radius 2 is 1.69 bits per heavy atom. The van der Waals surface area contributed by atoms with Crippen molar-refractivity contribution >= 4 is 18.3 Å². The first-order valence-corrected chi connectivity index (χ1v) is 8.15. The summed E-state index contributed by atoms with van der Waals surface area (Å²) in [6, 6.07) is 12.3. The van der Waals surface area contributed by atoms with E-state index < -0.39 is 11.7 Å². The maximum atomic E-state index is 13.2. The van der Waals surface area contributed by atoms with Gasteiger partial charge in [0.1, 0.15) is 0 Å². The molecule has 0 spiro atoms. The Morgan fingerprint density at radius 1 is 1.08 bits per heavy atom. The van der Waals surface area contributed by atoms with Crippen LogP contribution in [0.2, 0.25) is 0 Å². The quantitative estimate of drug-likeness (QED) is 0.831. The molecule has 2 aromatic carbocycles. The lowest BCUT2D eigenvalue weighted by atomic mass is 10.1. The lowest BCUT2D eigenvalue weighted by Crippen LogP contribution is -2.33. The van der Waals surface area contributed by atoms with E-state index in [-0.39, 0.29) is 36.5 Å². The molecule has 26 heavy (non-hydrogen) atoms. The fraction of sp³-hybridized carbons (Fsp3) is 0.316. The van der Waals surface area contributed by atoms with Crippen molar-refractivity contribution in [1.82, 2.24) is 4.90 Å². The molecule has 0 saturated heterocycles. The molecule has 1 saturated carbocycles. The molecule has 3 rings (SSSR count). The smallest absolute Gasteiger partial charge is 0.331 e. The number of hydrogen-bond donors (Lipinski definition) is 1. The van der Waals surface area contributed by atoms with E-state index in [0.29, 0.717) is 12.1 Å². The van der Waals surface area contributed by atoms with Gasteiger partial charge in [-0.25, -0.2) is 0 Å². The van der Waals surface area contributed by atoms with Gasteiger partial charge in [-0.3, -0.25) is 4.79 Å². The highest BCUT2D eigenvalue weighted by Crippen LogP contribution is 2.35. The van der Waals surface area contributed by atoms with Gasteiger partial charge in [0, 0.05) is 24.7 Å². The number of alkyl halides is 3. The molecule has 7 heteroatoms. The molecule has 0 heterocycles. The second-order valence-electron chi connectivity index (χ2n) is 6.22. The molecule has 0 unspecified atom stereocenters. The minimum atomic E-state index is -4.43. The number of rotatable bonds is 5. The molecule has 1 amide bonds. The van der Waals surface area contributed by atoms with E-state index in [1.54, 1.807) is 35.2 Å². The first kappa shape index (κ1) is 20.3. The molecule has 3 nitrogen and oxygen atoms in total. The fourth-order valence-corrected chi connectivity index (χ4v) is 2.82. The fourth-order valence-electron chi connectivity index (χ4n) is 2.82. The topological polar surface area (TPSA) is 46.3 Å². The van der Waals surface area contributed by atoms with E-state index in [1.165, 1.54) is 12.1 Å². The van der Waals surface area contributed by atoms with Crippen LogP contribution in [-0.2, 0) is 19.3 Å². The zero-order valence-electron chi connectivity index (χ0n) is 14.0. The lowest BCUT2D eigenvalue weighted by Gasteiger charge is -2.24. The molecule has 2 N–H and O–H groups in total. The van der Waals surface area contributed by atoms with Crippen molar-refractivity contribution in [2.75, 3.05) is 0 Å². The molecule has 0 atom stereocenters. The normalized spacial score (nSPS) is 13.8. The standard InChI is InChI=1S/C19H19F3N2O.ClH/c20-19(21,22)17-4-2-1-3-15(17)12-24(16-9-10-16)18(25)14-7-5-13(11-23)6-8-14;/h1-8,16H,9-12,23H2;1H. The second kappa shape index (κ2) is 8.10. The Balaban J connectivity index is 0.00000243. The molecule has 1 fully saturated rings. The molecule has 1 aliphatic rings. The van der Waals surface area contributed by atoms with Gasteiger partial charge in [0.2, 0.25) is 0 Å². The Hall–Kier alpha value is -2.05. The highest BCUT2D eigenvalue weighted by Gasteiger charge is 2.37. The van der Waals surface area contributed by atoms with Crippen LogP contribution in [0.3, 0.4) is 0 Å². The highest BCUT2D eigenvalue weighted by atomic mass is 35.5. The van der Waals surface area contributed by atoms with Gasteiger partial charge >= 0.3 is 6.18 Å². The maximum Gasteiger partial charge on any atom is 0.416 e. The molecule has 0 aromatic heterocycles. The SMILES string of the molecule is Cl.NCc1ccc(C(=O)N(Cc2ccccc2C(F)(F)F)C2CC2)cc1. The van der Waals surface area contributed by atoms with Crippen LogP contribution in [0.25, 0.3) is 0 Å². The van der Waals surface area contributed by atoms with Crippen LogP contribution in [0, 0.1) is 0 Å². The van der Waals surface area contributed by atoms with Crippen LogP contribution in [0.1, 0.15) is 39.9 Å². The number of carbonyl (C=O) groups is 1. The van der Waals surface area contributed by atoms with Crippen LogP contribution in [0.5, 0.6) is 0 Å². The summed E-state index contributed by atoms with van der Waals surface area (Å²) in [5, 5.41) is 0. The number of hydrogen-bond acceptors (Lipinski definition) is 2. The molecule has 0 bridgehead atoms. The van der Waals surface area contributed by atoms with Gasteiger partial charge in [-0.05, 0) is 42.2 Å². The minimum Gasteiger partial charge on any atom is -0.331 e. The number of amides is 1. The van der Waals surface area contributed by atoms with Crippen molar-refractivity contribution < 1.29 is 18.0 Å². The van der Waals surface area contributed by atoms with Gasteiger partial charge in [0.25, 0.3) is 5.91 Å². The zero-order valence-corrected chi connectivity index (χ0v) is 14.8. The summed E-state index contributed by atoms with van der Waals surface area (Å²) < 4.78 is 39.6. The highest BCUT2D eigenvalue weighted by molar-refractivity contribution is 5.94. The van der Waals surface area contributed by atoms with Crippen LogP contribution in [-0.4, -0.2) is 16.8 Å². The van der Waals surface area contributed by atoms with Crippen molar-refractivity contribution in [3.8, 4) is 0 Å². The number of benzene rings is 2. The molecule has 0 radical (unpaired) electrons. The average molecular weight is 385 g/mol. The molecule has 140 valence electrons. The first-order chi connectivity index (χ1) is 11.9. The van der Waals surface area contributed by atoms with E-state index in [4.69, 9.17) is 5.73 Å². The number of nitrogens with two attached hydrogens (primary N) is 1. The second-order valence-corrected chi connectivity index (χ2v) is 6.22. The maximum absolute atomic E-state index is 13.2. The average Bonchev–Trinajstić information content (AvgIpc) is 3.43. The Kier molecular flexibility index (Phi) is 6.31. The first-order valence-electron chi connectivity index (χ1n) is 8.15. The summed E-state index contributed by atoms with van der Waals surface area (Å²) in [5.74, 6) is -0.247. The number of carbonyl (C=O) groups excluding carboxylic acids is 1. The Bertz CT molecular complexity index is 758. The lowest BCUT2D eigenvalue weighted by molar-refractivity contribution is -0.138. The van der Waals surface area contributed by atoms with E-state index >= 15 is 0 Å². The molecule has 0 aliphatic heterocycles. The van der Waals surface area contributed by atoms with Crippen LogP contribution in [0.4, 0.5) is 13.2 Å².